The van der Waals surface area contributed by atoms with Gasteiger partial charge in [-0.05, 0) is 35.7 Å². The fourth-order valence-corrected chi connectivity index (χ4v) is 4.52. The molecule has 1 saturated heterocycles. The third-order valence-electron chi connectivity index (χ3n) is 6.83. The largest absolute Gasteiger partial charge is 0.490 e. The molecule has 0 N–H and O–H groups in total. The van der Waals surface area contributed by atoms with Crippen LogP contribution >= 0.6 is 0 Å². The highest BCUT2D eigenvalue weighted by Crippen LogP contribution is 2.33. The van der Waals surface area contributed by atoms with Gasteiger partial charge in [0, 0.05) is 22.6 Å². The Morgan fingerprint density at radius 2 is 1.45 bits per heavy atom. The fraction of sp³-hybridized carbons (Fsp3) is 0.375. The monoisotopic (exact) mass is 524 g/mol. The minimum absolute atomic E-state index is 0.0791. The first-order valence-corrected chi connectivity index (χ1v) is 13.4. The minimum Gasteiger partial charge on any atom is -0.490 e. The smallest absolute Gasteiger partial charge is 0.201 e. The van der Waals surface area contributed by atoms with Crippen LogP contribution in [0.1, 0.15) is 57.3 Å². The quantitative estimate of drug-likeness (QED) is 0.175. The Balaban J connectivity index is 1.39. The van der Waals surface area contributed by atoms with Gasteiger partial charge < -0.3 is 14.2 Å². The molecule has 0 aromatic heterocycles. The number of benzene rings is 3. The minimum atomic E-state index is -0.995. The van der Waals surface area contributed by atoms with Crippen molar-refractivity contribution in [2.24, 2.45) is 5.92 Å². The summed E-state index contributed by atoms with van der Waals surface area (Å²) in [6, 6.07) is 14.5. The molecule has 38 heavy (non-hydrogen) atoms. The molecular weight excluding hydrogens is 489 g/mol. The molecule has 4 rings (SSSR count). The van der Waals surface area contributed by atoms with Crippen LogP contribution in [-0.4, -0.2) is 19.8 Å². The average Bonchev–Trinajstić information content (AvgIpc) is 2.95. The van der Waals surface area contributed by atoms with Crippen LogP contribution in [0.2, 0.25) is 0 Å². The van der Waals surface area contributed by atoms with Crippen molar-refractivity contribution in [2.45, 2.75) is 51.7 Å². The first-order chi connectivity index (χ1) is 18.5. The lowest BCUT2D eigenvalue weighted by Gasteiger charge is -2.28. The molecule has 0 aliphatic carbocycles. The number of rotatable bonds is 12. The van der Waals surface area contributed by atoms with Crippen LogP contribution < -0.4 is 4.74 Å². The van der Waals surface area contributed by atoms with Crippen LogP contribution in [0.3, 0.4) is 0 Å². The van der Waals surface area contributed by atoms with Crippen molar-refractivity contribution in [3.05, 3.63) is 90.3 Å². The van der Waals surface area contributed by atoms with E-state index in [1.165, 1.54) is 37.5 Å². The van der Waals surface area contributed by atoms with Crippen molar-refractivity contribution in [3.8, 4) is 28.0 Å². The molecule has 0 saturated carbocycles. The van der Waals surface area contributed by atoms with E-state index in [0.717, 1.165) is 19.3 Å². The highest BCUT2D eigenvalue weighted by molar-refractivity contribution is 5.71. The van der Waals surface area contributed by atoms with Crippen LogP contribution in [-0.2, 0) is 9.47 Å². The molecule has 3 aromatic rings. The highest BCUT2D eigenvalue weighted by atomic mass is 19.2. The zero-order chi connectivity index (χ0) is 26.9. The van der Waals surface area contributed by atoms with Crippen molar-refractivity contribution in [1.29, 1.82) is 0 Å². The lowest BCUT2D eigenvalue weighted by Crippen LogP contribution is -2.25. The maximum absolute atomic E-state index is 15.0. The Kier molecular flexibility index (Phi) is 10.0. The number of unbranched alkanes of at least 4 members (excludes halogenated alkanes) is 5. The van der Waals surface area contributed by atoms with Crippen molar-refractivity contribution >= 4 is 0 Å². The molecule has 0 spiro atoms. The van der Waals surface area contributed by atoms with E-state index < -0.39 is 23.7 Å². The molecule has 3 aromatic carbocycles. The summed E-state index contributed by atoms with van der Waals surface area (Å²) in [5.41, 5.74) is 2.23. The second kappa shape index (κ2) is 13.6. The highest BCUT2D eigenvalue weighted by Gasteiger charge is 2.23. The zero-order valence-corrected chi connectivity index (χ0v) is 21.9. The molecule has 1 fully saturated rings. The summed E-state index contributed by atoms with van der Waals surface area (Å²) in [6.07, 6.45) is 7.69. The van der Waals surface area contributed by atoms with E-state index in [4.69, 9.17) is 14.2 Å². The Labute approximate surface area is 223 Å². The van der Waals surface area contributed by atoms with Gasteiger partial charge >= 0.3 is 0 Å². The number of hydrogen-bond donors (Lipinski definition) is 0. The van der Waals surface area contributed by atoms with Gasteiger partial charge in [-0.25, -0.2) is 8.78 Å². The molecule has 0 bridgehead atoms. The second-order valence-electron chi connectivity index (χ2n) is 9.67. The third kappa shape index (κ3) is 6.86. The molecular formula is C32H35F3O3. The molecule has 6 heteroatoms. The number of hydrogen-bond acceptors (Lipinski definition) is 3. The van der Waals surface area contributed by atoms with E-state index in [0.29, 0.717) is 42.1 Å². The summed E-state index contributed by atoms with van der Waals surface area (Å²) in [7, 11) is 0. The standard InChI is InChI=1S/C32H35F3O3/c1-3-5-6-7-8-9-18-36-29-17-16-27(30(34)31(29)35)24-12-10-23(11-13-24)26-15-14-25(19-28(26)33)32-37-20-22(4-2)21-38-32/h4,10-17,19,22,32H,2-3,5-9,18,20-21H2,1H3. The summed E-state index contributed by atoms with van der Waals surface area (Å²) in [5.74, 6) is -2.33. The van der Waals surface area contributed by atoms with Gasteiger partial charge in [0.15, 0.2) is 17.9 Å². The van der Waals surface area contributed by atoms with Gasteiger partial charge in [-0.15, -0.1) is 6.58 Å². The van der Waals surface area contributed by atoms with Crippen molar-refractivity contribution in [1.82, 2.24) is 0 Å². The summed E-state index contributed by atoms with van der Waals surface area (Å²) in [6.45, 7) is 7.21. The fourth-order valence-electron chi connectivity index (χ4n) is 4.52. The van der Waals surface area contributed by atoms with Gasteiger partial charge in [0.05, 0.1) is 19.8 Å². The van der Waals surface area contributed by atoms with E-state index >= 15 is 0 Å². The van der Waals surface area contributed by atoms with Crippen LogP contribution in [0.15, 0.2) is 67.3 Å². The lowest BCUT2D eigenvalue weighted by atomic mass is 9.98. The molecule has 202 valence electrons. The van der Waals surface area contributed by atoms with Crippen molar-refractivity contribution in [3.63, 3.8) is 0 Å². The van der Waals surface area contributed by atoms with Crippen molar-refractivity contribution in [2.75, 3.05) is 19.8 Å². The predicted molar refractivity (Wildman–Crippen MR) is 144 cm³/mol. The van der Waals surface area contributed by atoms with Gasteiger partial charge in [0.1, 0.15) is 5.82 Å². The SMILES string of the molecule is C=CC1COC(c2ccc(-c3ccc(-c4ccc(OCCCCCCCC)c(F)c4F)cc3)c(F)c2)OC1. The topological polar surface area (TPSA) is 27.7 Å². The molecule has 3 nitrogen and oxygen atoms in total. The number of halogens is 3. The van der Waals surface area contributed by atoms with Crippen LogP contribution in [0, 0.1) is 23.4 Å². The van der Waals surface area contributed by atoms with Gasteiger partial charge in [-0.3, -0.25) is 0 Å². The normalized spacial score (nSPS) is 17.4. The van der Waals surface area contributed by atoms with E-state index in [1.807, 2.05) is 0 Å². The van der Waals surface area contributed by atoms with Gasteiger partial charge in [0.25, 0.3) is 0 Å². The number of ether oxygens (including phenoxy) is 3. The lowest BCUT2D eigenvalue weighted by molar-refractivity contribution is -0.197. The summed E-state index contributed by atoms with van der Waals surface area (Å²) >= 11 is 0. The van der Waals surface area contributed by atoms with E-state index in [2.05, 4.69) is 13.5 Å². The molecule has 0 radical (unpaired) electrons. The molecule has 0 atom stereocenters. The molecule has 1 aliphatic rings. The van der Waals surface area contributed by atoms with E-state index in [-0.39, 0.29) is 17.2 Å². The summed E-state index contributed by atoms with van der Waals surface area (Å²) in [4.78, 5) is 0. The summed E-state index contributed by atoms with van der Waals surface area (Å²) in [5, 5.41) is 0. The molecule has 0 amide bonds. The second-order valence-corrected chi connectivity index (χ2v) is 9.67. The average molecular weight is 525 g/mol. The molecule has 1 aliphatic heterocycles. The van der Waals surface area contributed by atoms with Crippen LogP contribution in [0.4, 0.5) is 13.2 Å². The molecule has 1 heterocycles. The Morgan fingerprint density at radius 1 is 0.816 bits per heavy atom. The Morgan fingerprint density at radius 3 is 2.11 bits per heavy atom. The predicted octanol–water partition coefficient (Wildman–Crippen LogP) is 9.02. The van der Waals surface area contributed by atoms with Gasteiger partial charge in [0.2, 0.25) is 5.82 Å². The van der Waals surface area contributed by atoms with Crippen LogP contribution in [0.25, 0.3) is 22.3 Å². The van der Waals surface area contributed by atoms with E-state index in [1.54, 1.807) is 42.5 Å². The first-order valence-electron chi connectivity index (χ1n) is 13.4. The van der Waals surface area contributed by atoms with Crippen molar-refractivity contribution < 1.29 is 27.4 Å². The maximum Gasteiger partial charge on any atom is 0.201 e. The van der Waals surface area contributed by atoms with Gasteiger partial charge in [-0.2, -0.15) is 4.39 Å². The Bertz CT molecular complexity index is 1200. The van der Waals surface area contributed by atoms with Gasteiger partial charge in [-0.1, -0.05) is 81.5 Å². The first kappa shape index (κ1) is 27.9. The van der Waals surface area contributed by atoms with E-state index in [9.17, 15) is 13.2 Å². The summed E-state index contributed by atoms with van der Waals surface area (Å²) < 4.78 is 61.4. The maximum atomic E-state index is 15.0. The molecule has 0 unspecified atom stereocenters. The zero-order valence-electron chi connectivity index (χ0n) is 21.9. The Hall–Kier alpha value is -3.09. The van der Waals surface area contributed by atoms with Crippen LogP contribution in [0.5, 0.6) is 5.75 Å². The third-order valence-corrected chi connectivity index (χ3v) is 6.83.